The van der Waals surface area contributed by atoms with E-state index in [0.29, 0.717) is 30.9 Å². The van der Waals surface area contributed by atoms with E-state index in [9.17, 15) is 18.0 Å². The molecule has 1 aliphatic heterocycles. The molecule has 0 radical (unpaired) electrons. The van der Waals surface area contributed by atoms with Gasteiger partial charge in [-0.05, 0) is 44.2 Å². The Hall–Kier alpha value is -3.73. The molecule has 3 aromatic heterocycles. The zero-order valence-electron chi connectivity index (χ0n) is 18.6. The van der Waals surface area contributed by atoms with Crippen molar-refractivity contribution in [2.24, 2.45) is 0 Å². The van der Waals surface area contributed by atoms with Crippen LogP contribution in [0.1, 0.15) is 29.8 Å². The number of carbonyl (C=O) groups excluding carboxylic acids is 1. The first-order chi connectivity index (χ1) is 16.1. The Labute approximate surface area is 194 Å². The molecule has 34 heavy (non-hydrogen) atoms. The zero-order valence-corrected chi connectivity index (χ0v) is 18.6. The monoisotopic (exact) mass is 472 g/mol. The van der Waals surface area contributed by atoms with Crippen LogP contribution in [0.5, 0.6) is 0 Å². The van der Waals surface area contributed by atoms with Crippen molar-refractivity contribution in [1.82, 2.24) is 15.0 Å². The summed E-state index contributed by atoms with van der Waals surface area (Å²) in [6.45, 7) is 5.93. The fourth-order valence-corrected chi connectivity index (χ4v) is 3.58. The second-order valence-corrected chi connectivity index (χ2v) is 8.36. The second kappa shape index (κ2) is 9.26. The molecule has 1 fully saturated rings. The number of anilines is 4. The summed E-state index contributed by atoms with van der Waals surface area (Å²) in [4.78, 5) is 27.1. The number of alkyl halides is 3. The Balaban J connectivity index is 1.48. The molecule has 0 unspecified atom stereocenters. The standard InChI is InChI=1S/C23H23F3N6O2/c1-22(2)14-32(9-10-34-22)18-6-7-27-13-17(18)30-21(33)15-5-8-28-20(11-15)31-19-4-3-16(12-29-19)23(24,25)26/h3-8,11-13H,9-10,14H2,1-2H3,(H,30,33)(H,28,29,31). The van der Waals surface area contributed by atoms with Crippen LogP contribution in [-0.4, -0.2) is 46.2 Å². The molecule has 0 aromatic carbocycles. The van der Waals surface area contributed by atoms with E-state index in [-0.39, 0.29) is 23.1 Å². The molecule has 8 nitrogen and oxygen atoms in total. The lowest BCUT2D eigenvalue weighted by Crippen LogP contribution is -2.48. The van der Waals surface area contributed by atoms with Crippen LogP contribution in [0.2, 0.25) is 0 Å². The van der Waals surface area contributed by atoms with Crippen LogP contribution < -0.4 is 15.5 Å². The molecular formula is C23H23F3N6O2. The van der Waals surface area contributed by atoms with E-state index < -0.39 is 11.7 Å². The van der Waals surface area contributed by atoms with E-state index in [1.165, 1.54) is 24.4 Å². The molecule has 0 spiro atoms. The lowest BCUT2D eigenvalue weighted by Gasteiger charge is -2.40. The second-order valence-electron chi connectivity index (χ2n) is 8.36. The third-order valence-corrected chi connectivity index (χ3v) is 5.18. The highest BCUT2D eigenvalue weighted by molar-refractivity contribution is 6.06. The van der Waals surface area contributed by atoms with Crippen LogP contribution in [0, 0.1) is 0 Å². The zero-order chi connectivity index (χ0) is 24.3. The van der Waals surface area contributed by atoms with Crippen LogP contribution in [0.25, 0.3) is 0 Å². The average molecular weight is 472 g/mol. The Morgan fingerprint density at radius 2 is 1.91 bits per heavy atom. The van der Waals surface area contributed by atoms with Gasteiger partial charge in [-0.15, -0.1) is 0 Å². The number of amides is 1. The SMILES string of the molecule is CC1(C)CN(c2ccncc2NC(=O)c2ccnc(Nc3ccc(C(F)(F)F)cn3)c2)CCO1. The largest absolute Gasteiger partial charge is 0.417 e. The number of halogens is 3. The minimum Gasteiger partial charge on any atom is -0.372 e. The first kappa shape index (κ1) is 23.4. The van der Waals surface area contributed by atoms with E-state index in [1.54, 1.807) is 12.4 Å². The van der Waals surface area contributed by atoms with Gasteiger partial charge in [-0.2, -0.15) is 13.2 Å². The molecule has 0 aliphatic carbocycles. The summed E-state index contributed by atoms with van der Waals surface area (Å²) in [6, 6.07) is 6.98. The highest BCUT2D eigenvalue weighted by Gasteiger charge is 2.31. The molecule has 2 N–H and O–H groups in total. The van der Waals surface area contributed by atoms with Crippen LogP contribution in [-0.2, 0) is 10.9 Å². The summed E-state index contributed by atoms with van der Waals surface area (Å²) < 4.78 is 43.9. The Bertz CT molecular complexity index is 1170. The van der Waals surface area contributed by atoms with Gasteiger partial charge in [0.15, 0.2) is 0 Å². The summed E-state index contributed by atoms with van der Waals surface area (Å²) in [5.74, 6) is 0.0522. The van der Waals surface area contributed by atoms with E-state index in [1.807, 2.05) is 19.9 Å². The minimum atomic E-state index is -4.47. The average Bonchev–Trinajstić information content (AvgIpc) is 2.79. The van der Waals surface area contributed by atoms with Crippen LogP contribution in [0.3, 0.4) is 0 Å². The number of hydrogen-bond donors (Lipinski definition) is 2. The Kier molecular flexibility index (Phi) is 6.38. The van der Waals surface area contributed by atoms with Crippen LogP contribution in [0.15, 0.2) is 55.1 Å². The maximum atomic E-state index is 13.0. The molecule has 4 rings (SSSR count). The topological polar surface area (TPSA) is 92.3 Å². The number of nitrogens with one attached hydrogen (secondary N) is 2. The fourth-order valence-electron chi connectivity index (χ4n) is 3.58. The normalized spacial score (nSPS) is 15.6. The predicted octanol–water partition coefficient (Wildman–Crippen LogP) is 4.50. The van der Waals surface area contributed by atoms with E-state index in [4.69, 9.17) is 4.74 Å². The summed E-state index contributed by atoms with van der Waals surface area (Å²) in [7, 11) is 0. The predicted molar refractivity (Wildman–Crippen MR) is 121 cm³/mol. The number of rotatable bonds is 5. The van der Waals surface area contributed by atoms with Crippen molar-refractivity contribution < 1.29 is 22.7 Å². The lowest BCUT2D eigenvalue weighted by molar-refractivity contribution is -0.137. The molecule has 4 heterocycles. The Morgan fingerprint density at radius 3 is 2.62 bits per heavy atom. The first-order valence-electron chi connectivity index (χ1n) is 10.5. The number of nitrogens with zero attached hydrogens (tertiary/aromatic N) is 4. The highest BCUT2D eigenvalue weighted by Crippen LogP contribution is 2.30. The van der Waals surface area contributed by atoms with Gasteiger partial charge in [-0.3, -0.25) is 9.78 Å². The van der Waals surface area contributed by atoms with Gasteiger partial charge >= 0.3 is 6.18 Å². The van der Waals surface area contributed by atoms with Gasteiger partial charge in [0.25, 0.3) is 5.91 Å². The molecular weight excluding hydrogens is 449 g/mol. The summed E-state index contributed by atoms with van der Waals surface area (Å²) >= 11 is 0. The van der Waals surface area contributed by atoms with Gasteiger partial charge in [-0.25, -0.2) is 9.97 Å². The molecule has 1 amide bonds. The van der Waals surface area contributed by atoms with Crippen molar-refractivity contribution in [2.45, 2.75) is 25.6 Å². The van der Waals surface area contributed by atoms with Gasteiger partial charge in [0, 0.05) is 37.2 Å². The Morgan fingerprint density at radius 1 is 1.09 bits per heavy atom. The molecule has 0 saturated carbocycles. The maximum Gasteiger partial charge on any atom is 0.417 e. The molecule has 11 heteroatoms. The van der Waals surface area contributed by atoms with Gasteiger partial charge in [-0.1, -0.05) is 0 Å². The molecule has 1 aliphatic rings. The van der Waals surface area contributed by atoms with Crippen molar-refractivity contribution in [2.75, 3.05) is 35.2 Å². The summed E-state index contributed by atoms with van der Waals surface area (Å²) in [5.41, 5.74) is 0.527. The molecule has 3 aromatic rings. The number of hydrogen-bond acceptors (Lipinski definition) is 7. The lowest BCUT2D eigenvalue weighted by atomic mass is 10.1. The first-order valence-corrected chi connectivity index (χ1v) is 10.5. The highest BCUT2D eigenvalue weighted by atomic mass is 19.4. The van der Waals surface area contributed by atoms with Crippen molar-refractivity contribution in [3.63, 3.8) is 0 Å². The van der Waals surface area contributed by atoms with Gasteiger partial charge in [0.05, 0.1) is 35.3 Å². The molecule has 0 bridgehead atoms. The molecule has 0 atom stereocenters. The van der Waals surface area contributed by atoms with Gasteiger partial charge in [0.1, 0.15) is 11.6 Å². The quantitative estimate of drug-likeness (QED) is 0.565. The molecule has 1 saturated heterocycles. The van der Waals surface area contributed by atoms with Gasteiger partial charge < -0.3 is 20.3 Å². The number of aromatic nitrogens is 3. The van der Waals surface area contributed by atoms with E-state index in [2.05, 4.69) is 30.5 Å². The number of pyridine rings is 3. The minimum absolute atomic E-state index is 0.169. The van der Waals surface area contributed by atoms with Crippen molar-refractivity contribution in [3.8, 4) is 0 Å². The number of morpholine rings is 1. The smallest absolute Gasteiger partial charge is 0.372 e. The number of carbonyl (C=O) groups is 1. The van der Waals surface area contributed by atoms with Gasteiger partial charge in [0.2, 0.25) is 0 Å². The van der Waals surface area contributed by atoms with Crippen LogP contribution in [0.4, 0.5) is 36.2 Å². The number of ether oxygens (including phenoxy) is 1. The van der Waals surface area contributed by atoms with E-state index in [0.717, 1.165) is 18.0 Å². The molecule has 178 valence electrons. The van der Waals surface area contributed by atoms with Crippen molar-refractivity contribution in [3.05, 3.63) is 66.2 Å². The summed E-state index contributed by atoms with van der Waals surface area (Å²) in [5, 5.41) is 5.70. The third-order valence-electron chi connectivity index (χ3n) is 5.18. The van der Waals surface area contributed by atoms with Crippen molar-refractivity contribution in [1.29, 1.82) is 0 Å². The van der Waals surface area contributed by atoms with Crippen molar-refractivity contribution >= 4 is 28.9 Å². The maximum absolute atomic E-state index is 13.0. The fraction of sp³-hybridized carbons (Fsp3) is 0.304. The summed E-state index contributed by atoms with van der Waals surface area (Å²) in [6.07, 6.45) is 0.941. The third kappa shape index (κ3) is 5.60. The van der Waals surface area contributed by atoms with Crippen LogP contribution >= 0.6 is 0 Å². The van der Waals surface area contributed by atoms with E-state index >= 15 is 0 Å².